The maximum absolute atomic E-state index is 13.3. The number of aryl methyl sites for hydroxylation is 1. The summed E-state index contributed by atoms with van der Waals surface area (Å²) in [6, 6.07) is 4.01. The van der Waals surface area contributed by atoms with Crippen LogP contribution in [0.3, 0.4) is 0 Å². The van der Waals surface area contributed by atoms with E-state index in [1.807, 2.05) is 31.2 Å². The Morgan fingerprint density at radius 1 is 1.38 bits per heavy atom. The van der Waals surface area contributed by atoms with Gasteiger partial charge < -0.3 is 10.2 Å². The Kier molecular flexibility index (Phi) is 6.25. The van der Waals surface area contributed by atoms with Crippen LogP contribution in [0, 0.1) is 18.6 Å². The van der Waals surface area contributed by atoms with Crippen LogP contribution in [0.15, 0.2) is 28.6 Å². The van der Waals surface area contributed by atoms with Crippen LogP contribution < -0.4 is 5.32 Å². The third kappa shape index (κ3) is 4.74. The fourth-order valence-electron chi connectivity index (χ4n) is 2.36. The molecule has 0 aliphatic rings. The molecule has 1 aromatic carbocycles. The second kappa shape index (κ2) is 8.19. The second-order valence-corrected chi connectivity index (χ2v) is 6.78. The summed E-state index contributed by atoms with van der Waals surface area (Å²) in [6.45, 7) is 5.16. The van der Waals surface area contributed by atoms with Gasteiger partial charge in [-0.3, -0.25) is 4.99 Å². The van der Waals surface area contributed by atoms with Crippen molar-refractivity contribution in [3.63, 3.8) is 0 Å². The van der Waals surface area contributed by atoms with Gasteiger partial charge in [0.15, 0.2) is 17.6 Å². The predicted octanol–water partition coefficient (Wildman–Crippen LogP) is 3.54. The lowest BCUT2D eigenvalue weighted by Crippen LogP contribution is -2.40. The zero-order valence-corrected chi connectivity index (χ0v) is 15.1. The molecule has 0 bridgehead atoms. The number of rotatable bonds is 5. The van der Waals surface area contributed by atoms with Gasteiger partial charge >= 0.3 is 0 Å². The highest BCUT2D eigenvalue weighted by Gasteiger charge is 2.12. The molecular weight excluding hydrogens is 330 g/mol. The number of guanidine groups is 1. The molecule has 1 heterocycles. The normalized spacial score (nSPS) is 13.0. The highest BCUT2D eigenvalue weighted by molar-refractivity contribution is 7.09. The summed E-state index contributed by atoms with van der Waals surface area (Å²) in [5.74, 6) is -0.894. The predicted molar refractivity (Wildman–Crippen MR) is 94.5 cm³/mol. The minimum absolute atomic E-state index is 0.0202. The Hall–Kier alpha value is -2.02. The summed E-state index contributed by atoms with van der Waals surface area (Å²) < 4.78 is 26.4. The van der Waals surface area contributed by atoms with E-state index in [0.717, 1.165) is 28.3 Å². The number of halogens is 2. The van der Waals surface area contributed by atoms with Gasteiger partial charge in [0, 0.05) is 26.0 Å². The van der Waals surface area contributed by atoms with E-state index in [9.17, 15) is 8.78 Å². The largest absolute Gasteiger partial charge is 0.356 e. The summed E-state index contributed by atoms with van der Waals surface area (Å²) in [6.07, 6.45) is 0. The van der Waals surface area contributed by atoms with Crippen molar-refractivity contribution in [3.8, 4) is 0 Å². The topological polar surface area (TPSA) is 40.5 Å². The van der Waals surface area contributed by atoms with E-state index >= 15 is 0 Å². The van der Waals surface area contributed by atoms with Gasteiger partial charge in [-0.15, -0.1) is 11.3 Å². The smallest absolute Gasteiger partial charge is 0.193 e. The number of hydrogen-bond acceptors (Lipinski definition) is 3. The molecule has 0 fully saturated rings. The molecule has 130 valence electrons. The van der Waals surface area contributed by atoms with E-state index in [1.54, 1.807) is 24.5 Å². The summed E-state index contributed by atoms with van der Waals surface area (Å²) >= 11 is 1.62. The van der Waals surface area contributed by atoms with Gasteiger partial charge in [0.1, 0.15) is 0 Å². The van der Waals surface area contributed by atoms with Crippen molar-refractivity contribution in [2.45, 2.75) is 26.3 Å². The molecule has 1 unspecified atom stereocenters. The van der Waals surface area contributed by atoms with E-state index in [-0.39, 0.29) is 5.92 Å². The molecule has 0 radical (unpaired) electrons. The molecule has 2 aromatic rings. The molecule has 1 N–H and O–H groups in total. The minimum atomic E-state index is -0.826. The van der Waals surface area contributed by atoms with Crippen LogP contribution in [-0.2, 0) is 6.54 Å². The van der Waals surface area contributed by atoms with Gasteiger partial charge in [0.05, 0.1) is 17.2 Å². The van der Waals surface area contributed by atoms with Gasteiger partial charge in [-0.2, -0.15) is 0 Å². The number of nitrogens with one attached hydrogen (secondary N) is 1. The highest BCUT2D eigenvalue weighted by Crippen LogP contribution is 2.17. The van der Waals surface area contributed by atoms with Crippen molar-refractivity contribution in [3.05, 3.63) is 51.5 Å². The molecule has 0 amide bonds. The molecule has 0 aliphatic heterocycles. The molecule has 0 saturated carbocycles. The maximum Gasteiger partial charge on any atom is 0.193 e. The van der Waals surface area contributed by atoms with Crippen molar-refractivity contribution in [2.24, 2.45) is 4.99 Å². The van der Waals surface area contributed by atoms with Crippen LogP contribution >= 0.6 is 11.3 Å². The summed E-state index contributed by atoms with van der Waals surface area (Å²) in [4.78, 5) is 10.7. The summed E-state index contributed by atoms with van der Waals surface area (Å²) in [5.41, 5.74) is 1.74. The monoisotopic (exact) mass is 352 g/mol. The van der Waals surface area contributed by atoms with Gasteiger partial charge in [0.2, 0.25) is 0 Å². The molecule has 1 atom stereocenters. The van der Waals surface area contributed by atoms with Crippen LogP contribution in [0.1, 0.15) is 29.1 Å². The molecule has 24 heavy (non-hydrogen) atoms. The molecule has 2 rings (SSSR count). The van der Waals surface area contributed by atoms with Crippen LogP contribution in [0.4, 0.5) is 8.78 Å². The average Bonchev–Trinajstić information content (AvgIpc) is 2.95. The van der Waals surface area contributed by atoms with E-state index < -0.39 is 11.6 Å². The van der Waals surface area contributed by atoms with Crippen LogP contribution in [0.2, 0.25) is 0 Å². The fraction of sp³-hybridized carbons (Fsp3) is 0.412. The zero-order chi connectivity index (χ0) is 17.7. The Bertz CT molecular complexity index is 714. The van der Waals surface area contributed by atoms with Crippen LogP contribution in [0.5, 0.6) is 0 Å². The molecule has 0 saturated heterocycles. The van der Waals surface area contributed by atoms with Gasteiger partial charge in [-0.1, -0.05) is 13.0 Å². The van der Waals surface area contributed by atoms with Gasteiger partial charge in [-0.25, -0.2) is 13.8 Å². The van der Waals surface area contributed by atoms with Crippen LogP contribution in [0.25, 0.3) is 0 Å². The number of thiazole rings is 1. The number of nitrogens with zero attached hydrogens (tertiary/aromatic N) is 3. The molecule has 7 heteroatoms. The zero-order valence-electron chi connectivity index (χ0n) is 14.3. The molecule has 0 spiro atoms. The Balaban J connectivity index is 1.93. The van der Waals surface area contributed by atoms with Crippen molar-refractivity contribution in [2.75, 3.05) is 20.6 Å². The average molecular weight is 352 g/mol. The fourth-order valence-corrected chi connectivity index (χ4v) is 2.97. The first kappa shape index (κ1) is 18.3. The SMILES string of the molecule is CN=C(NCC(C)c1ccc(F)c(F)c1)N(C)Cc1csc(C)n1. The van der Waals surface area contributed by atoms with Crippen molar-refractivity contribution in [1.29, 1.82) is 0 Å². The highest BCUT2D eigenvalue weighted by atomic mass is 32.1. The summed E-state index contributed by atoms with van der Waals surface area (Å²) in [7, 11) is 3.65. The van der Waals surface area contributed by atoms with E-state index in [4.69, 9.17) is 0 Å². The number of benzene rings is 1. The standard InChI is InChI=1S/C17H22F2N4S/c1-11(13-5-6-15(18)16(19)7-13)8-21-17(20-3)23(4)9-14-10-24-12(2)22-14/h5-7,10-11H,8-9H2,1-4H3,(H,20,21). The van der Waals surface area contributed by atoms with Crippen molar-refractivity contribution >= 4 is 17.3 Å². The Labute approximate surface area is 145 Å². The Morgan fingerprint density at radius 2 is 2.12 bits per heavy atom. The first-order valence-electron chi connectivity index (χ1n) is 7.68. The molecule has 1 aromatic heterocycles. The molecule has 0 aliphatic carbocycles. The number of hydrogen-bond donors (Lipinski definition) is 1. The second-order valence-electron chi connectivity index (χ2n) is 5.72. The lowest BCUT2D eigenvalue weighted by molar-refractivity contribution is 0.467. The molecule has 4 nitrogen and oxygen atoms in total. The first-order valence-corrected chi connectivity index (χ1v) is 8.56. The van der Waals surface area contributed by atoms with E-state index in [0.29, 0.717) is 13.1 Å². The number of aliphatic imine (C=N–C) groups is 1. The van der Waals surface area contributed by atoms with E-state index in [2.05, 4.69) is 15.3 Å². The minimum Gasteiger partial charge on any atom is -0.356 e. The number of aromatic nitrogens is 1. The Morgan fingerprint density at radius 3 is 2.71 bits per heavy atom. The van der Waals surface area contributed by atoms with Gasteiger partial charge in [-0.05, 0) is 30.5 Å². The first-order chi connectivity index (χ1) is 11.4. The lowest BCUT2D eigenvalue weighted by atomic mass is 10.0. The van der Waals surface area contributed by atoms with Crippen molar-refractivity contribution < 1.29 is 8.78 Å². The lowest BCUT2D eigenvalue weighted by Gasteiger charge is -2.23. The van der Waals surface area contributed by atoms with Crippen molar-refractivity contribution in [1.82, 2.24) is 15.2 Å². The van der Waals surface area contributed by atoms with Crippen LogP contribution in [-0.4, -0.2) is 36.5 Å². The van der Waals surface area contributed by atoms with Gasteiger partial charge in [0.25, 0.3) is 0 Å². The third-order valence-corrected chi connectivity index (χ3v) is 4.54. The maximum atomic E-state index is 13.3. The quantitative estimate of drug-likeness (QED) is 0.661. The third-order valence-electron chi connectivity index (χ3n) is 3.72. The van der Waals surface area contributed by atoms with E-state index in [1.165, 1.54) is 6.07 Å². The summed E-state index contributed by atoms with van der Waals surface area (Å²) in [5, 5.41) is 6.33. The molecular formula is C17H22F2N4S.